The highest BCUT2D eigenvalue weighted by molar-refractivity contribution is 7.99. The summed E-state index contributed by atoms with van der Waals surface area (Å²) < 4.78 is 27.0. The van der Waals surface area contributed by atoms with Crippen LogP contribution in [0.3, 0.4) is 0 Å². The molecule has 2 aliphatic rings. The number of halogens is 1. The summed E-state index contributed by atoms with van der Waals surface area (Å²) in [6.07, 6.45) is 6.69. The summed E-state index contributed by atoms with van der Waals surface area (Å²) in [5.74, 6) is 0.564. The molecule has 1 N–H and O–H groups in total. The van der Waals surface area contributed by atoms with Crippen LogP contribution < -0.4 is 5.32 Å². The molecule has 0 radical (unpaired) electrons. The van der Waals surface area contributed by atoms with Crippen molar-refractivity contribution in [3.63, 3.8) is 0 Å². The Morgan fingerprint density at radius 2 is 2.00 bits per heavy atom. The highest BCUT2D eigenvalue weighted by atomic mass is 35.5. The van der Waals surface area contributed by atoms with Crippen molar-refractivity contribution in [3.05, 3.63) is 34.9 Å². The minimum absolute atomic E-state index is 0.0188. The molecule has 1 aliphatic heterocycles. The quantitative estimate of drug-likeness (QED) is 0.621. The molecule has 1 amide bonds. The molecule has 1 aromatic rings. The molecule has 5 nitrogen and oxygen atoms in total. The van der Waals surface area contributed by atoms with Gasteiger partial charge in [-0.25, -0.2) is 12.7 Å². The molecule has 1 heterocycles. The Hall–Kier alpha value is -0.760. The second kappa shape index (κ2) is 10.3. The molecule has 1 saturated heterocycles. The number of rotatable bonds is 8. The molecule has 2 fully saturated rings. The van der Waals surface area contributed by atoms with Crippen molar-refractivity contribution in [2.24, 2.45) is 5.92 Å². The van der Waals surface area contributed by atoms with Gasteiger partial charge >= 0.3 is 0 Å². The molecule has 0 spiro atoms. The summed E-state index contributed by atoms with van der Waals surface area (Å²) in [7, 11) is -3.47. The molecule has 0 bridgehead atoms. The molecule has 1 aromatic carbocycles. The molecular weight excluding hydrogens is 416 g/mol. The van der Waals surface area contributed by atoms with Gasteiger partial charge < -0.3 is 5.32 Å². The van der Waals surface area contributed by atoms with Gasteiger partial charge in [0, 0.05) is 35.7 Å². The highest BCUT2D eigenvalue weighted by Crippen LogP contribution is 2.29. The number of hydrogen-bond acceptors (Lipinski definition) is 4. The van der Waals surface area contributed by atoms with E-state index < -0.39 is 10.0 Å². The van der Waals surface area contributed by atoms with E-state index in [4.69, 9.17) is 11.6 Å². The normalized spacial score (nSPS) is 21.7. The summed E-state index contributed by atoms with van der Waals surface area (Å²) in [5, 5.41) is 4.28. The van der Waals surface area contributed by atoms with Crippen LogP contribution in [0.25, 0.3) is 0 Å². The van der Waals surface area contributed by atoms with E-state index in [1.54, 1.807) is 24.3 Å². The van der Waals surface area contributed by atoms with Crippen molar-refractivity contribution >= 4 is 39.3 Å². The lowest BCUT2D eigenvalue weighted by Gasteiger charge is -2.31. The lowest BCUT2D eigenvalue weighted by atomic mass is 9.99. The predicted octanol–water partition coefficient (Wildman–Crippen LogP) is 3.67. The number of amides is 1. The Bertz CT molecular complexity index is 766. The van der Waals surface area contributed by atoms with Crippen LogP contribution in [0.2, 0.25) is 5.02 Å². The third kappa shape index (κ3) is 6.37. The molecule has 1 atom stereocenters. The lowest BCUT2D eigenvalue weighted by Crippen LogP contribution is -2.46. The fourth-order valence-electron chi connectivity index (χ4n) is 3.94. The number of sulfonamides is 1. The molecule has 1 unspecified atom stereocenters. The van der Waals surface area contributed by atoms with Crippen LogP contribution in [-0.4, -0.2) is 49.3 Å². The van der Waals surface area contributed by atoms with Crippen LogP contribution in [0.5, 0.6) is 0 Å². The van der Waals surface area contributed by atoms with E-state index >= 15 is 0 Å². The minimum atomic E-state index is -3.47. The third-order valence-corrected chi connectivity index (χ3v) is 8.88. The zero-order valence-electron chi connectivity index (χ0n) is 16.1. The number of carbonyl (C=O) groups is 1. The Balaban J connectivity index is 1.47. The smallest absolute Gasteiger partial charge is 0.224 e. The van der Waals surface area contributed by atoms with Gasteiger partial charge in [0.2, 0.25) is 15.9 Å². The van der Waals surface area contributed by atoms with Crippen molar-refractivity contribution < 1.29 is 13.2 Å². The first-order chi connectivity index (χ1) is 13.4. The van der Waals surface area contributed by atoms with Gasteiger partial charge in [-0.1, -0.05) is 36.6 Å². The Kier molecular flexibility index (Phi) is 8.09. The topological polar surface area (TPSA) is 66.5 Å². The average Bonchev–Trinajstić information content (AvgIpc) is 3.18. The van der Waals surface area contributed by atoms with E-state index in [9.17, 15) is 13.2 Å². The van der Waals surface area contributed by atoms with Gasteiger partial charge in [0.1, 0.15) is 0 Å². The maximum atomic E-state index is 12.8. The summed E-state index contributed by atoms with van der Waals surface area (Å²) >= 11 is 7.91. The SMILES string of the molecule is O=C(NCCSC1CCCC1)C1CCCN(S(=O)(=O)Cc2cccc(Cl)c2)C1. The van der Waals surface area contributed by atoms with Crippen molar-refractivity contribution in [2.45, 2.75) is 49.5 Å². The molecule has 28 heavy (non-hydrogen) atoms. The Labute approximate surface area is 177 Å². The monoisotopic (exact) mass is 444 g/mol. The van der Waals surface area contributed by atoms with Crippen molar-refractivity contribution in [3.8, 4) is 0 Å². The standard InChI is InChI=1S/C20H29ClN2O3S2/c21-18-7-3-5-16(13-18)15-28(25,26)23-11-4-6-17(14-23)20(24)22-10-12-27-19-8-1-2-9-19/h3,5,7,13,17,19H,1-2,4,6,8-12,14-15H2,(H,22,24). The van der Waals surface area contributed by atoms with Crippen molar-refractivity contribution in [1.29, 1.82) is 0 Å². The molecular formula is C20H29ClN2O3S2. The van der Waals surface area contributed by atoms with E-state index in [0.717, 1.165) is 17.4 Å². The van der Waals surface area contributed by atoms with Crippen LogP contribution in [0.1, 0.15) is 44.1 Å². The van der Waals surface area contributed by atoms with Gasteiger partial charge in [0.15, 0.2) is 0 Å². The molecule has 0 aromatic heterocycles. The van der Waals surface area contributed by atoms with Crippen molar-refractivity contribution in [1.82, 2.24) is 9.62 Å². The third-order valence-electron chi connectivity index (χ3n) is 5.44. The molecule has 3 rings (SSSR count). The first-order valence-electron chi connectivity index (χ1n) is 10.1. The van der Waals surface area contributed by atoms with E-state index in [1.807, 2.05) is 11.8 Å². The first kappa shape index (κ1) is 21.9. The van der Waals surface area contributed by atoms with Gasteiger partial charge in [-0.15, -0.1) is 0 Å². The Morgan fingerprint density at radius 3 is 2.75 bits per heavy atom. The van der Waals surface area contributed by atoms with Gasteiger partial charge in [0.05, 0.1) is 11.7 Å². The van der Waals surface area contributed by atoms with E-state index in [0.29, 0.717) is 30.1 Å². The fraction of sp³-hybridized carbons (Fsp3) is 0.650. The number of piperidine rings is 1. The molecule has 1 aliphatic carbocycles. The van der Waals surface area contributed by atoms with Crippen LogP contribution in [0, 0.1) is 5.92 Å². The van der Waals surface area contributed by atoms with Crippen LogP contribution in [0.4, 0.5) is 0 Å². The summed E-state index contributed by atoms with van der Waals surface area (Å²) in [6.45, 7) is 1.40. The summed E-state index contributed by atoms with van der Waals surface area (Å²) in [6, 6.07) is 6.92. The number of hydrogen-bond donors (Lipinski definition) is 1. The molecule has 8 heteroatoms. The maximum Gasteiger partial charge on any atom is 0.224 e. The van der Waals surface area contributed by atoms with Gasteiger partial charge in [-0.05, 0) is 43.4 Å². The highest BCUT2D eigenvalue weighted by Gasteiger charge is 2.32. The van der Waals surface area contributed by atoms with Crippen LogP contribution in [-0.2, 0) is 20.6 Å². The molecule has 156 valence electrons. The first-order valence-corrected chi connectivity index (χ1v) is 13.1. The second-order valence-electron chi connectivity index (χ2n) is 7.65. The van der Waals surface area contributed by atoms with E-state index in [2.05, 4.69) is 5.32 Å². The number of nitrogens with zero attached hydrogens (tertiary/aromatic N) is 1. The summed E-state index contributed by atoms with van der Waals surface area (Å²) in [4.78, 5) is 12.5. The molecule has 1 saturated carbocycles. The van der Waals surface area contributed by atoms with Gasteiger partial charge in [-0.3, -0.25) is 4.79 Å². The van der Waals surface area contributed by atoms with Crippen LogP contribution in [0.15, 0.2) is 24.3 Å². The number of thioether (sulfide) groups is 1. The number of nitrogens with one attached hydrogen (secondary N) is 1. The Morgan fingerprint density at radius 1 is 1.21 bits per heavy atom. The number of carbonyl (C=O) groups excluding carboxylic acids is 1. The van der Waals surface area contributed by atoms with Gasteiger partial charge in [-0.2, -0.15) is 11.8 Å². The maximum absolute atomic E-state index is 12.8. The van der Waals surface area contributed by atoms with E-state index in [-0.39, 0.29) is 24.1 Å². The van der Waals surface area contributed by atoms with Crippen LogP contribution >= 0.6 is 23.4 Å². The zero-order chi connectivity index (χ0) is 20.0. The average molecular weight is 445 g/mol. The second-order valence-corrected chi connectivity index (χ2v) is 11.5. The summed E-state index contributed by atoms with van der Waals surface area (Å²) in [5.41, 5.74) is 0.669. The van der Waals surface area contributed by atoms with Gasteiger partial charge in [0.25, 0.3) is 0 Å². The fourth-order valence-corrected chi connectivity index (χ4v) is 6.97. The predicted molar refractivity (Wildman–Crippen MR) is 116 cm³/mol. The van der Waals surface area contributed by atoms with Crippen molar-refractivity contribution in [2.75, 3.05) is 25.4 Å². The zero-order valence-corrected chi connectivity index (χ0v) is 18.5. The van der Waals surface area contributed by atoms with E-state index in [1.165, 1.54) is 30.0 Å². The lowest BCUT2D eigenvalue weighted by molar-refractivity contribution is -0.125. The minimum Gasteiger partial charge on any atom is -0.355 e. The largest absolute Gasteiger partial charge is 0.355 e. The number of benzene rings is 1.